The molecule has 0 atom stereocenters. The van der Waals surface area contributed by atoms with Crippen molar-refractivity contribution in [1.29, 1.82) is 0 Å². The fourth-order valence-corrected chi connectivity index (χ4v) is 3.15. The van der Waals surface area contributed by atoms with Crippen LogP contribution in [-0.2, 0) is 0 Å². The van der Waals surface area contributed by atoms with Gasteiger partial charge in [-0.2, -0.15) is 0 Å². The number of methoxy groups -OCH3 is 1. The predicted molar refractivity (Wildman–Crippen MR) is 98.8 cm³/mol. The third kappa shape index (κ3) is 2.92. The number of nitrogens with two attached hydrogens (primary N) is 1. The van der Waals surface area contributed by atoms with Gasteiger partial charge in [-0.05, 0) is 37.5 Å². The molecule has 0 spiro atoms. The quantitative estimate of drug-likeness (QED) is 0.735. The minimum absolute atomic E-state index is 0.0464. The zero-order chi connectivity index (χ0) is 19.0. The van der Waals surface area contributed by atoms with Gasteiger partial charge in [0.1, 0.15) is 17.1 Å². The Labute approximate surface area is 154 Å². The van der Waals surface area contributed by atoms with Gasteiger partial charge in [-0.1, -0.05) is 0 Å². The normalized spacial score (nSPS) is 14.0. The van der Waals surface area contributed by atoms with Crippen LogP contribution in [0.4, 0.5) is 10.1 Å². The summed E-state index contributed by atoms with van der Waals surface area (Å²) < 4.78 is 20.0. The lowest BCUT2D eigenvalue weighted by atomic mass is 9.93. The van der Waals surface area contributed by atoms with Crippen molar-refractivity contribution in [2.24, 2.45) is 0 Å². The van der Waals surface area contributed by atoms with Gasteiger partial charge < -0.3 is 15.8 Å². The molecule has 0 saturated heterocycles. The number of anilines is 1. The largest absolute Gasteiger partial charge is 0.496 e. The number of benzene rings is 1. The average Bonchev–Trinajstić information content (AvgIpc) is 2.64. The van der Waals surface area contributed by atoms with Crippen LogP contribution in [0.2, 0.25) is 0 Å². The van der Waals surface area contributed by atoms with Gasteiger partial charge >= 0.3 is 0 Å². The van der Waals surface area contributed by atoms with E-state index in [1.165, 1.54) is 25.4 Å². The van der Waals surface area contributed by atoms with E-state index in [9.17, 15) is 9.18 Å². The molecule has 3 aromatic rings. The van der Waals surface area contributed by atoms with E-state index in [0.29, 0.717) is 16.7 Å². The number of ether oxygens (including phenoxy) is 1. The molecule has 0 bridgehead atoms. The monoisotopic (exact) mass is 367 g/mol. The number of halogens is 1. The summed E-state index contributed by atoms with van der Waals surface area (Å²) >= 11 is 0. The number of aromatic nitrogens is 3. The molecule has 8 heteroatoms. The second kappa shape index (κ2) is 6.79. The summed E-state index contributed by atoms with van der Waals surface area (Å²) in [6, 6.07) is 4.57. The van der Waals surface area contributed by atoms with Crippen molar-refractivity contribution in [3.8, 4) is 16.9 Å². The van der Waals surface area contributed by atoms with Crippen LogP contribution in [-0.4, -0.2) is 34.2 Å². The van der Waals surface area contributed by atoms with E-state index in [-0.39, 0.29) is 34.4 Å². The molecular formula is C19H18FN5O2. The third-order valence-corrected chi connectivity index (χ3v) is 4.85. The average molecular weight is 367 g/mol. The Hall–Kier alpha value is -3.29. The second-order valence-corrected chi connectivity index (χ2v) is 6.46. The van der Waals surface area contributed by atoms with Crippen molar-refractivity contribution in [2.45, 2.75) is 25.3 Å². The van der Waals surface area contributed by atoms with Crippen LogP contribution in [0.25, 0.3) is 22.0 Å². The Balaban J connectivity index is 1.85. The minimum atomic E-state index is -0.505. The molecule has 7 nitrogen and oxygen atoms in total. The van der Waals surface area contributed by atoms with Crippen molar-refractivity contribution >= 4 is 22.5 Å². The summed E-state index contributed by atoms with van der Waals surface area (Å²) in [5.74, 6) is -0.422. The van der Waals surface area contributed by atoms with Gasteiger partial charge in [0.25, 0.3) is 5.91 Å². The molecule has 1 aliphatic carbocycles. The van der Waals surface area contributed by atoms with Crippen molar-refractivity contribution in [3.05, 3.63) is 42.1 Å². The first-order valence-electron chi connectivity index (χ1n) is 8.63. The number of rotatable bonds is 4. The molecule has 2 aromatic heterocycles. The summed E-state index contributed by atoms with van der Waals surface area (Å²) in [6.07, 6.45) is 6.03. The number of hydrogen-bond donors (Lipinski definition) is 2. The van der Waals surface area contributed by atoms with Crippen LogP contribution < -0.4 is 15.8 Å². The van der Waals surface area contributed by atoms with Crippen molar-refractivity contribution in [2.75, 3.05) is 12.8 Å². The highest BCUT2D eigenvalue weighted by Gasteiger charge is 2.24. The third-order valence-electron chi connectivity index (χ3n) is 4.85. The summed E-state index contributed by atoms with van der Waals surface area (Å²) in [5.41, 5.74) is 7.27. The van der Waals surface area contributed by atoms with E-state index in [4.69, 9.17) is 10.5 Å². The number of nitrogens with one attached hydrogen (secondary N) is 1. The molecule has 1 amide bonds. The summed E-state index contributed by atoms with van der Waals surface area (Å²) in [4.78, 5) is 16.5. The summed E-state index contributed by atoms with van der Waals surface area (Å²) in [7, 11) is 1.49. The summed E-state index contributed by atoms with van der Waals surface area (Å²) in [5, 5.41) is 11.4. The Morgan fingerprint density at radius 2 is 2.11 bits per heavy atom. The van der Waals surface area contributed by atoms with Crippen LogP contribution >= 0.6 is 0 Å². The number of fused-ring (bicyclic) bond motifs is 1. The highest BCUT2D eigenvalue weighted by molar-refractivity contribution is 6.08. The Kier molecular flexibility index (Phi) is 4.31. The molecule has 1 aromatic carbocycles. The molecule has 27 heavy (non-hydrogen) atoms. The maximum atomic E-state index is 14.7. The maximum Gasteiger partial charge on any atom is 0.274 e. The zero-order valence-corrected chi connectivity index (χ0v) is 14.7. The molecule has 138 valence electrons. The van der Waals surface area contributed by atoms with Crippen LogP contribution in [0.1, 0.15) is 29.8 Å². The highest BCUT2D eigenvalue weighted by Crippen LogP contribution is 2.37. The molecule has 1 saturated carbocycles. The van der Waals surface area contributed by atoms with E-state index in [2.05, 4.69) is 20.5 Å². The second-order valence-electron chi connectivity index (χ2n) is 6.46. The number of carbonyl (C=O) groups is 1. The lowest BCUT2D eigenvalue weighted by Gasteiger charge is -2.26. The van der Waals surface area contributed by atoms with Gasteiger partial charge in [-0.3, -0.25) is 9.78 Å². The van der Waals surface area contributed by atoms with Crippen molar-refractivity contribution in [3.63, 3.8) is 0 Å². The first-order valence-corrected chi connectivity index (χ1v) is 8.63. The predicted octanol–water partition coefficient (Wildman–Crippen LogP) is 2.70. The number of carbonyl (C=O) groups excluding carboxylic acids is 1. The SMILES string of the molecule is COc1ccncc1-c1c(F)ccc2c(N)c(C(=O)NC3CCC3)nnc12. The van der Waals surface area contributed by atoms with Crippen LogP contribution in [0.15, 0.2) is 30.6 Å². The molecule has 0 aliphatic heterocycles. The molecule has 1 fully saturated rings. The Bertz CT molecular complexity index is 1040. The van der Waals surface area contributed by atoms with E-state index in [1.807, 2.05) is 0 Å². The van der Waals surface area contributed by atoms with Gasteiger partial charge in [0.15, 0.2) is 5.69 Å². The molecule has 1 aliphatic rings. The van der Waals surface area contributed by atoms with E-state index >= 15 is 0 Å². The number of hydrogen-bond acceptors (Lipinski definition) is 6. The van der Waals surface area contributed by atoms with Gasteiger partial charge in [0.05, 0.1) is 18.4 Å². The van der Waals surface area contributed by atoms with Gasteiger partial charge in [0, 0.05) is 29.4 Å². The molecule has 0 unspecified atom stereocenters. The zero-order valence-electron chi connectivity index (χ0n) is 14.7. The lowest BCUT2D eigenvalue weighted by Crippen LogP contribution is -2.40. The number of pyridine rings is 1. The smallest absolute Gasteiger partial charge is 0.274 e. The van der Waals surface area contributed by atoms with Crippen LogP contribution in [0.3, 0.4) is 0 Å². The molecule has 2 heterocycles. The molecular weight excluding hydrogens is 349 g/mol. The van der Waals surface area contributed by atoms with E-state index in [0.717, 1.165) is 19.3 Å². The van der Waals surface area contributed by atoms with Gasteiger partial charge in [-0.25, -0.2) is 4.39 Å². The Morgan fingerprint density at radius 1 is 1.30 bits per heavy atom. The van der Waals surface area contributed by atoms with Crippen molar-refractivity contribution < 1.29 is 13.9 Å². The van der Waals surface area contributed by atoms with Gasteiger partial charge in [0.2, 0.25) is 0 Å². The first-order chi connectivity index (χ1) is 13.1. The Morgan fingerprint density at radius 3 is 2.81 bits per heavy atom. The van der Waals surface area contributed by atoms with Crippen molar-refractivity contribution in [1.82, 2.24) is 20.5 Å². The summed E-state index contributed by atoms with van der Waals surface area (Å²) in [6.45, 7) is 0. The van der Waals surface area contributed by atoms with Gasteiger partial charge in [-0.15, -0.1) is 10.2 Å². The minimum Gasteiger partial charge on any atom is -0.496 e. The molecule has 4 rings (SSSR count). The van der Waals surface area contributed by atoms with Crippen LogP contribution in [0.5, 0.6) is 5.75 Å². The molecule has 3 N–H and O–H groups in total. The van der Waals surface area contributed by atoms with E-state index < -0.39 is 5.82 Å². The number of amides is 1. The number of nitrogen functional groups attached to an aromatic ring is 1. The fraction of sp³-hybridized carbons (Fsp3) is 0.263. The fourth-order valence-electron chi connectivity index (χ4n) is 3.15. The van der Waals surface area contributed by atoms with E-state index in [1.54, 1.807) is 12.3 Å². The maximum absolute atomic E-state index is 14.7. The standard InChI is InChI=1S/C19H18FN5O2/c1-27-14-7-8-22-9-12(14)15-13(20)6-5-11-16(21)18(25-24-17(11)15)19(26)23-10-3-2-4-10/h5-10H,2-4H2,1H3,(H2,21,24)(H,23,26). The lowest BCUT2D eigenvalue weighted by molar-refractivity contribution is 0.0912. The molecule has 0 radical (unpaired) electrons. The first kappa shape index (κ1) is 17.1. The highest BCUT2D eigenvalue weighted by atomic mass is 19.1. The van der Waals surface area contributed by atoms with Crippen LogP contribution in [0, 0.1) is 5.82 Å². The number of nitrogens with zero attached hydrogens (tertiary/aromatic N) is 3. The topological polar surface area (TPSA) is 103 Å².